The van der Waals surface area contributed by atoms with Gasteiger partial charge in [-0.1, -0.05) is 12.0 Å². The number of halogens is 2. The largest absolute Gasteiger partial charge is 0.385 e. The molecule has 0 aromatic heterocycles. The summed E-state index contributed by atoms with van der Waals surface area (Å²) in [6.07, 6.45) is 5.25. The molecule has 0 spiro atoms. The van der Waals surface area contributed by atoms with Crippen molar-refractivity contribution in [1.82, 2.24) is 4.90 Å². The van der Waals surface area contributed by atoms with Crippen LogP contribution in [0.5, 0.6) is 0 Å². The van der Waals surface area contributed by atoms with Gasteiger partial charge < -0.3 is 5.73 Å². The molecule has 1 aromatic rings. The Morgan fingerprint density at radius 2 is 2.05 bits per heavy atom. The predicted molar refractivity (Wildman–Crippen MR) is 66.3 cm³/mol. The van der Waals surface area contributed by atoms with Gasteiger partial charge in [-0.3, -0.25) is 4.90 Å². The van der Waals surface area contributed by atoms with Gasteiger partial charge in [-0.2, -0.15) is 4.99 Å². The van der Waals surface area contributed by atoms with Crippen molar-refractivity contribution in [3.05, 3.63) is 35.4 Å². The molecule has 2 amide bonds. The Labute approximate surface area is 108 Å². The molecule has 0 fully saturated rings. The van der Waals surface area contributed by atoms with Crippen LogP contribution in [0.25, 0.3) is 0 Å². The van der Waals surface area contributed by atoms with Gasteiger partial charge in [0.05, 0.1) is 11.6 Å². The number of hydrogen-bond donors (Lipinski definition) is 1. The van der Waals surface area contributed by atoms with Crippen molar-refractivity contribution < 1.29 is 13.6 Å². The summed E-state index contributed by atoms with van der Waals surface area (Å²) in [6.45, 7) is 1.55. The van der Waals surface area contributed by atoms with Crippen molar-refractivity contribution in [3.63, 3.8) is 0 Å². The van der Waals surface area contributed by atoms with Gasteiger partial charge in [-0.05, 0) is 19.1 Å². The third-order valence-electron chi connectivity index (χ3n) is 2.94. The Hall–Kier alpha value is -2.42. The normalized spacial score (nSPS) is 20.1. The summed E-state index contributed by atoms with van der Waals surface area (Å²) in [4.78, 5) is 16.3. The zero-order valence-corrected chi connectivity index (χ0v) is 10.1. The molecule has 1 aliphatic heterocycles. The number of aliphatic imine (C=N–C) groups is 1. The van der Waals surface area contributed by atoms with E-state index in [-0.39, 0.29) is 11.4 Å². The van der Waals surface area contributed by atoms with Crippen LogP contribution in [0.2, 0.25) is 0 Å². The van der Waals surface area contributed by atoms with E-state index in [2.05, 4.69) is 10.9 Å². The average Bonchev–Trinajstić information content (AvgIpc) is 2.64. The maximum absolute atomic E-state index is 13.8. The molecule has 1 heterocycles. The van der Waals surface area contributed by atoms with Crippen LogP contribution < -0.4 is 5.73 Å². The predicted octanol–water partition coefficient (Wildman–Crippen LogP) is 1.82. The minimum Gasteiger partial charge on any atom is -0.385 e. The summed E-state index contributed by atoms with van der Waals surface area (Å²) in [7, 11) is 0. The first-order valence-corrected chi connectivity index (χ1v) is 5.53. The Morgan fingerprint density at radius 1 is 1.47 bits per heavy atom. The standard InChI is InChI=1S/C13H11F2N3O/c1-3-7(2)18-11(12(16)17-13(18)19)10-8(14)5-4-6-9(10)15/h1,4-7,11H,2H3,(H2,16,17,19). The van der Waals surface area contributed by atoms with Crippen LogP contribution in [0.1, 0.15) is 18.5 Å². The van der Waals surface area contributed by atoms with Crippen LogP contribution in [-0.4, -0.2) is 22.8 Å². The fraction of sp³-hybridized carbons (Fsp3) is 0.231. The molecular formula is C13H11F2N3O. The van der Waals surface area contributed by atoms with Gasteiger partial charge in [0.1, 0.15) is 23.5 Å². The van der Waals surface area contributed by atoms with E-state index in [1.807, 2.05) is 0 Å². The molecule has 0 saturated carbocycles. The number of nitrogens with two attached hydrogens (primary N) is 1. The third-order valence-corrected chi connectivity index (χ3v) is 2.94. The van der Waals surface area contributed by atoms with E-state index in [0.717, 1.165) is 17.0 Å². The summed E-state index contributed by atoms with van der Waals surface area (Å²) in [6, 6.07) is 0.921. The lowest BCUT2D eigenvalue weighted by Gasteiger charge is -2.27. The zero-order chi connectivity index (χ0) is 14.2. The third kappa shape index (κ3) is 2.03. The summed E-state index contributed by atoms with van der Waals surface area (Å²) < 4.78 is 27.6. The highest BCUT2D eigenvalue weighted by molar-refractivity contribution is 6.03. The lowest BCUT2D eigenvalue weighted by atomic mass is 10.0. The van der Waals surface area contributed by atoms with Crippen LogP contribution in [0, 0.1) is 24.0 Å². The van der Waals surface area contributed by atoms with Gasteiger partial charge in [0.25, 0.3) is 0 Å². The molecule has 0 saturated heterocycles. The van der Waals surface area contributed by atoms with Crippen molar-refractivity contribution in [2.24, 2.45) is 10.7 Å². The number of hydrogen-bond acceptors (Lipinski definition) is 2. The second-order valence-electron chi connectivity index (χ2n) is 4.11. The second-order valence-corrected chi connectivity index (χ2v) is 4.11. The quantitative estimate of drug-likeness (QED) is 0.827. The Balaban J connectivity index is 2.56. The van der Waals surface area contributed by atoms with E-state index in [4.69, 9.17) is 12.2 Å². The van der Waals surface area contributed by atoms with Gasteiger partial charge in [-0.15, -0.1) is 6.42 Å². The zero-order valence-electron chi connectivity index (χ0n) is 10.1. The SMILES string of the molecule is C#CC(C)N1C(=O)N=C(N)C1c1c(F)cccc1F. The molecule has 1 aliphatic rings. The highest BCUT2D eigenvalue weighted by atomic mass is 19.1. The van der Waals surface area contributed by atoms with Crippen LogP contribution >= 0.6 is 0 Å². The number of amides is 2. The fourth-order valence-corrected chi connectivity index (χ4v) is 2.01. The van der Waals surface area contributed by atoms with Crippen molar-refractivity contribution in [2.75, 3.05) is 0 Å². The van der Waals surface area contributed by atoms with E-state index < -0.39 is 29.7 Å². The van der Waals surface area contributed by atoms with E-state index >= 15 is 0 Å². The molecule has 0 aliphatic carbocycles. The first-order valence-electron chi connectivity index (χ1n) is 5.53. The van der Waals surface area contributed by atoms with Crippen LogP contribution in [0.15, 0.2) is 23.2 Å². The van der Waals surface area contributed by atoms with E-state index in [1.54, 1.807) is 6.92 Å². The van der Waals surface area contributed by atoms with Gasteiger partial charge in [0.15, 0.2) is 0 Å². The molecule has 0 bridgehead atoms. The highest BCUT2D eigenvalue weighted by Crippen LogP contribution is 2.32. The van der Waals surface area contributed by atoms with Crippen LogP contribution in [-0.2, 0) is 0 Å². The summed E-state index contributed by atoms with van der Waals surface area (Å²) in [5.74, 6) is 0.560. The number of nitrogens with zero attached hydrogens (tertiary/aromatic N) is 2. The number of terminal acetylenes is 1. The minimum absolute atomic E-state index is 0.170. The molecule has 0 radical (unpaired) electrons. The average molecular weight is 263 g/mol. The van der Waals surface area contributed by atoms with Crippen molar-refractivity contribution in [1.29, 1.82) is 0 Å². The number of carbonyl (C=O) groups excluding carboxylic acids is 1. The smallest absolute Gasteiger partial charge is 0.347 e. The molecule has 1 aromatic carbocycles. The lowest BCUT2D eigenvalue weighted by Crippen LogP contribution is -2.39. The Kier molecular flexibility index (Phi) is 3.21. The minimum atomic E-state index is -1.11. The van der Waals surface area contributed by atoms with Gasteiger partial charge in [0.2, 0.25) is 0 Å². The fourth-order valence-electron chi connectivity index (χ4n) is 2.01. The first-order chi connectivity index (χ1) is 8.97. The van der Waals surface area contributed by atoms with Crippen LogP contribution in [0.3, 0.4) is 0 Å². The van der Waals surface area contributed by atoms with Crippen LogP contribution in [0.4, 0.5) is 13.6 Å². The molecule has 4 nitrogen and oxygen atoms in total. The molecule has 2 atom stereocenters. The number of carbonyl (C=O) groups is 1. The summed E-state index contributed by atoms with van der Waals surface area (Å²) >= 11 is 0. The van der Waals surface area contributed by atoms with E-state index in [1.165, 1.54) is 6.07 Å². The second kappa shape index (κ2) is 4.69. The number of benzene rings is 1. The van der Waals surface area contributed by atoms with Crippen molar-refractivity contribution in [2.45, 2.75) is 19.0 Å². The highest BCUT2D eigenvalue weighted by Gasteiger charge is 2.40. The van der Waals surface area contributed by atoms with Gasteiger partial charge >= 0.3 is 6.03 Å². The lowest BCUT2D eigenvalue weighted by molar-refractivity contribution is 0.197. The molecule has 19 heavy (non-hydrogen) atoms. The number of rotatable bonds is 2. The number of amidine groups is 1. The van der Waals surface area contributed by atoms with E-state index in [9.17, 15) is 13.6 Å². The molecule has 98 valence electrons. The molecular weight excluding hydrogens is 252 g/mol. The molecule has 2 N–H and O–H groups in total. The summed E-state index contributed by atoms with van der Waals surface area (Å²) in [5, 5.41) is 0. The Morgan fingerprint density at radius 3 is 2.58 bits per heavy atom. The topological polar surface area (TPSA) is 58.7 Å². The van der Waals surface area contributed by atoms with Gasteiger partial charge in [-0.25, -0.2) is 13.6 Å². The maximum atomic E-state index is 13.8. The molecule has 2 unspecified atom stereocenters. The molecule has 6 heteroatoms. The van der Waals surface area contributed by atoms with E-state index in [0.29, 0.717) is 0 Å². The Bertz CT molecular complexity index is 586. The van der Waals surface area contributed by atoms with Crippen molar-refractivity contribution in [3.8, 4) is 12.3 Å². The maximum Gasteiger partial charge on any atom is 0.347 e. The summed E-state index contributed by atoms with van der Waals surface area (Å²) in [5.41, 5.74) is 5.29. The monoisotopic (exact) mass is 263 g/mol. The first kappa shape index (κ1) is 13.0. The van der Waals surface area contributed by atoms with Crippen molar-refractivity contribution >= 4 is 11.9 Å². The number of urea groups is 1. The van der Waals surface area contributed by atoms with Gasteiger partial charge in [0, 0.05) is 0 Å². The molecule has 2 rings (SSSR count).